The highest BCUT2D eigenvalue weighted by molar-refractivity contribution is 8.02. The Bertz CT molecular complexity index is 521. The first-order valence-corrected chi connectivity index (χ1v) is 7.21. The van der Waals surface area contributed by atoms with Crippen molar-refractivity contribution in [1.82, 2.24) is 0 Å². The van der Waals surface area contributed by atoms with E-state index in [0.717, 1.165) is 0 Å². The summed E-state index contributed by atoms with van der Waals surface area (Å²) >= 11 is 1.55. The predicted octanol–water partition coefficient (Wildman–Crippen LogP) is 3.49. The van der Waals surface area contributed by atoms with Crippen LogP contribution in [0.2, 0.25) is 0 Å². The fourth-order valence-corrected chi connectivity index (χ4v) is 2.43. The van der Waals surface area contributed by atoms with E-state index in [0.29, 0.717) is 6.47 Å². The molecule has 0 unspecified atom stereocenters. The summed E-state index contributed by atoms with van der Waals surface area (Å²) in [5.74, 6) is -0.323. The molecule has 0 saturated carbocycles. The van der Waals surface area contributed by atoms with Gasteiger partial charge in [0.05, 0.1) is 14.2 Å². The molecule has 0 spiro atoms. The molecule has 21 heavy (non-hydrogen) atoms. The number of esters is 1. The number of carbonyl (C=O) groups excluding carboxylic acids is 2. The highest BCUT2D eigenvalue weighted by Gasteiger charge is 2.06. The van der Waals surface area contributed by atoms with Crippen molar-refractivity contribution in [2.45, 2.75) is 32.6 Å². The minimum atomic E-state index is -0.323. The molecule has 0 saturated heterocycles. The normalized spacial score (nSPS) is 9.81. The molecule has 1 aromatic carbocycles. The Morgan fingerprint density at radius 1 is 1.10 bits per heavy atom. The molecule has 0 aliphatic heterocycles. The van der Waals surface area contributed by atoms with Gasteiger partial charge in [0.1, 0.15) is 0 Å². The number of hydrogen-bond donors (Lipinski definition) is 0. The zero-order valence-electron chi connectivity index (χ0n) is 13.4. The first-order chi connectivity index (χ1) is 9.88. The first kappa shape index (κ1) is 19.2. The van der Waals surface area contributed by atoms with Crippen LogP contribution in [0.3, 0.4) is 0 Å². The SMILES string of the molecule is COC(=O)/C=C/Sc1cc(C)c(C)c(C)c1C.COC=O. The molecule has 0 aliphatic rings. The third-order valence-electron chi connectivity index (χ3n) is 3.13. The third-order valence-corrected chi connectivity index (χ3v) is 4.08. The monoisotopic (exact) mass is 310 g/mol. The van der Waals surface area contributed by atoms with Crippen LogP contribution in [0.1, 0.15) is 22.3 Å². The fraction of sp³-hybridized carbons (Fsp3) is 0.375. The third kappa shape index (κ3) is 6.49. The summed E-state index contributed by atoms with van der Waals surface area (Å²) in [7, 11) is 2.69. The van der Waals surface area contributed by atoms with Crippen molar-refractivity contribution in [2.24, 2.45) is 0 Å². The van der Waals surface area contributed by atoms with Crippen molar-refractivity contribution in [3.8, 4) is 0 Å². The number of benzene rings is 1. The van der Waals surface area contributed by atoms with E-state index < -0.39 is 0 Å². The van der Waals surface area contributed by atoms with Gasteiger partial charge in [-0.3, -0.25) is 4.79 Å². The van der Waals surface area contributed by atoms with Gasteiger partial charge in [-0.2, -0.15) is 0 Å². The van der Waals surface area contributed by atoms with Crippen molar-refractivity contribution >= 4 is 24.2 Å². The van der Waals surface area contributed by atoms with Crippen molar-refractivity contribution < 1.29 is 19.1 Å². The summed E-state index contributed by atoms with van der Waals surface area (Å²) in [6.07, 6.45) is 1.44. The van der Waals surface area contributed by atoms with Gasteiger partial charge in [0.2, 0.25) is 0 Å². The largest absolute Gasteiger partial charge is 0.471 e. The molecule has 0 heterocycles. The second kappa shape index (κ2) is 10.0. The summed E-state index contributed by atoms with van der Waals surface area (Å²) in [5.41, 5.74) is 5.21. The Kier molecular flexibility index (Phi) is 9.21. The maximum Gasteiger partial charge on any atom is 0.330 e. The van der Waals surface area contributed by atoms with E-state index in [1.54, 1.807) is 17.2 Å². The average Bonchev–Trinajstić information content (AvgIpc) is 2.50. The van der Waals surface area contributed by atoms with Crippen LogP contribution in [0.5, 0.6) is 0 Å². The molecule has 0 fully saturated rings. The average molecular weight is 310 g/mol. The zero-order chi connectivity index (χ0) is 16.4. The van der Waals surface area contributed by atoms with E-state index in [2.05, 4.69) is 43.2 Å². The Balaban J connectivity index is 0.000000885. The van der Waals surface area contributed by atoms with Gasteiger partial charge < -0.3 is 9.47 Å². The number of carbonyl (C=O) groups is 2. The lowest BCUT2D eigenvalue weighted by Crippen LogP contribution is -1.94. The number of methoxy groups -OCH3 is 2. The van der Waals surface area contributed by atoms with Crippen LogP contribution < -0.4 is 0 Å². The Morgan fingerprint density at radius 3 is 2.14 bits per heavy atom. The second-order valence-corrected chi connectivity index (χ2v) is 5.29. The van der Waals surface area contributed by atoms with Crippen LogP contribution in [0, 0.1) is 27.7 Å². The van der Waals surface area contributed by atoms with E-state index in [4.69, 9.17) is 4.79 Å². The predicted molar refractivity (Wildman–Crippen MR) is 85.5 cm³/mol. The molecule has 1 aromatic rings. The molecule has 0 bridgehead atoms. The molecule has 0 N–H and O–H groups in total. The zero-order valence-corrected chi connectivity index (χ0v) is 14.2. The molecular weight excluding hydrogens is 288 g/mol. The van der Waals surface area contributed by atoms with E-state index >= 15 is 0 Å². The van der Waals surface area contributed by atoms with Crippen molar-refractivity contribution in [1.29, 1.82) is 0 Å². The van der Waals surface area contributed by atoms with Gasteiger partial charge in [-0.1, -0.05) is 11.8 Å². The van der Waals surface area contributed by atoms with Gasteiger partial charge in [0, 0.05) is 11.0 Å². The Morgan fingerprint density at radius 2 is 1.67 bits per heavy atom. The minimum absolute atomic E-state index is 0.323. The minimum Gasteiger partial charge on any atom is -0.471 e. The second-order valence-electron chi connectivity index (χ2n) is 4.34. The van der Waals surface area contributed by atoms with Gasteiger partial charge in [0.15, 0.2) is 0 Å². The number of thioether (sulfide) groups is 1. The molecule has 0 amide bonds. The van der Waals surface area contributed by atoms with Crippen LogP contribution in [-0.2, 0) is 19.1 Å². The molecular formula is C16H22O4S. The van der Waals surface area contributed by atoms with E-state index in [-0.39, 0.29) is 5.97 Å². The summed E-state index contributed by atoms with van der Waals surface area (Å²) in [4.78, 5) is 21.1. The van der Waals surface area contributed by atoms with Gasteiger partial charge in [-0.25, -0.2) is 4.79 Å². The highest BCUT2D eigenvalue weighted by Crippen LogP contribution is 2.29. The summed E-state index contributed by atoms with van der Waals surface area (Å²) < 4.78 is 8.41. The van der Waals surface area contributed by atoms with Crippen LogP contribution in [0.25, 0.3) is 0 Å². The highest BCUT2D eigenvalue weighted by atomic mass is 32.2. The quantitative estimate of drug-likeness (QED) is 0.369. The van der Waals surface area contributed by atoms with Crippen LogP contribution in [0.15, 0.2) is 22.4 Å². The van der Waals surface area contributed by atoms with Gasteiger partial charge >= 0.3 is 5.97 Å². The summed E-state index contributed by atoms with van der Waals surface area (Å²) in [6, 6.07) is 2.16. The van der Waals surface area contributed by atoms with Gasteiger partial charge in [0.25, 0.3) is 6.47 Å². The van der Waals surface area contributed by atoms with E-state index in [1.807, 2.05) is 0 Å². The lowest BCUT2D eigenvalue weighted by Gasteiger charge is -2.12. The van der Waals surface area contributed by atoms with Crippen molar-refractivity contribution in [2.75, 3.05) is 14.2 Å². The molecule has 1 rings (SSSR count). The smallest absolute Gasteiger partial charge is 0.330 e. The number of rotatable bonds is 4. The molecule has 0 aliphatic carbocycles. The van der Waals surface area contributed by atoms with Gasteiger partial charge in [-0.05, 0) is 61.4 Å². The topological polar surface area (TPSA) is 52.6 Å². The first-order valence-electron chi connectivity index (χ1n) is 6.34. The lowest BCUT2D eigenvalue weighted by atomic mass is 10.00. The molecule has 0 aromatic heterocycles. The van der Waals surface area contributed by atoms with Crippen LogP contribution >= 0.6 is 11.8 Å². The fourth-order valence-electron chi connectivity index (χ4n) is 1.53. The molecule has 0 atom stereocenters. The number of hydrogen-bond acceptors (Lipinski definition) is 5. The van der Waals surface area contributed by atoms with Crippen molar-refractivity contribution in [3.05, 3.63) is 39.8 Å². The molecule has 5 heteroatoms. The Hall–Kier alpha value is -1.75. The maximum atomic E-state index is 11.0. The lowest BCUT2D eigenvalue weighted by molar-refractivity contribution is -0.134. The number of ether oxygens (including phenoxy) is 2. The van der Waals surface area contributed by atoms with Crippen LogP contribution in [-0.4, -0.2) is 26.7 Å². The number of aryl methyl sites for hydroxylation is 1. The molecule has 0 radical (unpaired) electrons. The maximum absolute atomic E-state index is 11.0. The molecule has 4 nitrogen and oxygen atoms in total. The Labute approximate surface area is 130 Å². The van der Waals surface area contributed by atoms with Crippen molar-refractivity contribution in [3.63, 3.8) is 0 Å². The van der Waals surface area contributed by atoms with E-state index in [1.165, 1.54) is 47.4 Å². The summed E-state index contributed by atoms with van der Waals surface area (Å²) in [5, 5.41) is 1.77. The van der Waals surface area contributed by atoms with Gasteiger partial charge in [-0.15, -0.1) is 0 Å². The van der Waals surface area contributed by atoms with Crippen LogP contribution in [0.4, 0.5) is 0 Å². The molecule has 116 valence electrons. The van der Waals surface area contributed by atoms with E-state index in [9.17, 15) is 4.79 Å². The summed E-state index contributed by atoms with van der Waals surface area (Å²) in [6.45, 7) is 8.86. The standard InChI is InChI=1S/C14H18O2S.C2H4O2/c1-9-8-13(12(4)11(3)10(9)2)17-7-6-14(15)16-5;1-4-2-3/h6-8H,1-5H3;2H,1H3/b7-6+;.